The molecule has 7 nitrogen and oxygen atoms in total. The van der Waals surface area contributed by atoms with Crippen molar-refractivity contribution in [3.05, 3.63) is 35.4 Å². The quantitative estimate of drug-likeness (QED) is 0.410. The molecule has 0 aromatic heterocycles. The largest absolute Gasteiger partial charge is 0.379 e. The van der Waals surface area contributed by atoms with Crippen molar-refractivity contribution in [2.75, 3.05) is 39.9 Å². The highest BCUT2D eigenvalue weighted by molar-refractivity contribution is 7.88. The molecule has 1 atom stereocenters. The number of ether oxygens (including phenoxy) is 1. The number of morpholine rings is 1. The number of sulfonamides is 1. The standard InChI is InChI=1S/C22H38N4O3S/c1-4-6-9-19(5-2)16-24-22(23-3)25-17-20-10-7-8-11-21(20)18-30(27,28)26-12-14-29-15-13-26/h7-8,10-11,19H,4-6,9,12-18H2,1-3H3,(H2,23,24,25). The van der Waals surface area contributed by atoms with Crippen LogP contribution in [0.5, 0.6) is 0 Å². The number of guanidine groups is 1. The van der Waals surface area contributed by atoms with Crippen LogP contribution in [0.3, 0.4) is 0 Å². The summed E-state index contributed by atoms with van der Waals surface area (Å²) in [5.74, 6) is 1.39. The van der Waals surface area contributed by atoms with Gasteiger partial charge in [0, 0.05) is 33.2 Å². The number of benzene rings is 1. The summed E-state index contributed by atoms with van der Waals surface area (Å²) >= 11 is 0. The van der Waals surface area contributed by atoms with Crippen molar-refractivity contribution in [3.63, 3.8) is 0 Å². The van der Waals surface area contributed by atoms with Crippen molar-refractivity contribution in [2.24, 2.45) is 10.9 Å². The second-order valence-electron chi connectivity index (χ2n) is 7.76. The van der Waals surface area contributed by atoms with Gasteiger partial charge in [-0.05, 0) is 23.5 Å². The molecule has 1 aliphatic heterocycles. The zero-order valence-electron chi connectivity index (χ0n) is 18.7. The van der Waals surface area contributed by atoms with Crippen LogP contribution in [0.4, 0.5) is 0 Å². The molecule has 0 spiro atoms. The summed E-state index contributed by atoms with van der Waals surface area (Å²) in [5, 5.41) is 6.75. The minimum Gasteiger partial charge on any atom is -0.379 e. The van der Waals surface area contributed by atoms with Gasteiger partial charge in [-0.25, -0.2) is 8.42 Å². The lowest BCUT2D eigenvalue weighted by molar-refractivity contribution is 0.0729. The molecule has 1 aliphatic rings. The normalized spacial score (nSPS) is 17.0. The monoisotopic (exact) mass is 438 g/mol. The summed E-state index contributed by atoms with van der Waals surface area (Å²) in [6.45, 7) is 7.64. The second-order valence-corrected chi connectivity index (χ2v) is 9.73. The first-order valence-electron chi connectivity index (χ1n) is 11.1. The van der Waals surface area contributed by atoms with Crippen molar-refractivity contribution in [3.8, 4) is 0 Å². The molecular formula is C22H38N4O3S. The first kappa shape index (κ1) is 24.6. The Labute approximate surface area is 182 Å². The van der Waals surface area contributed by atoms with Gasteiger partial charge in [-0.3, -0.25) is 4.99 Å². The van der Waals surface area contributed by atoms with E-state index in [1.807, 2.05) is 24.3 Å². The third kappa shape index (κ3) is 7.89. The third-order valence-electron chi connectivity index (χ3n) is 5.59. The predicted molar refractivity (Wildman–Crippen MR) is 123 cm³/mol. The van der Waals surface area contributed by atoms with Gasteiger partial charge in [-0.15, -0.1) is 0 Å². The average Bonchev–Trinajstić information content (AvgIpc) is 2.77. The molecule has 1 unspecified atom stereocenters. The van der Waals surface area contributed by atoms with Crippen molar-refractivity contribution in [2.45, 2.75) is 51.8 Å². The number of unbranched alkanes of at least 4 members (excludes halogenated alkanes) is 1. The van der Waals surface area contributed by atoms with Crippen LogP contribution >= 0.6 is 0 Å². The molecule has 170 valence electrons. The van der Waals surface area contributed by atoms with E-state index in [0.717, 1.165) is 30.1 Å². The van der Waals surface area contributed by atoms with Crippen molar-refractivity contribution >= 4 is 16.0 Å². The summed E-state index contributed by atoms with van der Waals surface area (Å²) in [5.41, 5.74) is 1.79. The molecule has 8 heteroatoms. The van der Waals surface area contributed by atoms with Crippen molar-refractivity contribution < 1.29 is 13.2 Å². The van der Waals surface area contributed by atoms with Crippen LogP contribution in [-0.2, 0) is 27.1 Å². The lowest BCUT2D eigenvalue weighted by Gasteiger charge is -2.26. The molecule has 1 saturated heterocycles. The Bertz CT molecular complexity index is 761. The van der Waals surface area contributed by atoms with Crippen molar-refractivity contribution in [1.29, 1.82) is 0 Å². The van der Waals surface area contributed by atoms with Crippen LogP contribution in [-0.4, -0.2) is 58.6 Å². The van der Waals surface area contributed by atoms with Crippen LogP contribution in [0.2, 0.25) is 0 Å². The van der Waals surface area contributed by atoms with E-state index in [4.69, 9.17) is 4.74 Å². The van der Waals surface area contributed by atoms with E-state index in [-0.39, 0.29) is 5.75 Å². The zero-order chi connectivity index (χ0) is 21.8. The maximum atomic E-state index is 12.8. The molecule has 0 radical (unpaired) electrons. The third-order valence-corrected chi connectivity index (χ3v) is 7.42. The van der Waals surface area contributed by atoms with E-state index in [0.29, 0.717) is 38.8 Å². The van der Waals surface area contributed by atoms with E-state index in [1.54, 1.807) is 7.05 Å². The topological polar surface area (TPSA) is 83.0 Å². The Morgan fingerprint density at radius 2 is 1.87 bits per heavy atom. The summed E-state index contributed by atoms with van der Waals surface area (Å²) in [6, 6.07) is 7.69. The van der Waals surface area contributed by atoms with E-state index in [2.05, 4.69) is 29.5 Å². The number of rotatable bonds is 11. The van der Waals surface area contributed by atoms with E-state index in [1.165, 1.54) is 23.6 Å². The molecule has 30 heavy (non-hydrogen) atoms. The number of hydrogen-bond acceptors (Lipinski definition) is 4. The molecule has 2 rings (SSSR count). The Morgan fingerprint density at radius 3 is 2.50 bits per heavy atom. The molecule has 0 saturated carbocycles. The fraction of sp³-hybridized carbons (Fsp3) is 0.682. The van der Waals surface area contributed by atoms with Gasteiger partial charge in [0.25, 0.3) is 0 Å². The Morgan fingerprint density at radius 1 is 1.17 bits per heavy atom. The van der Waals surface area contributed by atoms with Gasteiger partial charge >= 0.3 is 0 Å². The second kappa shape index (κ2) is 12.9. The van der Waals surface area contributed by atoms with Gasteiger partial charge < -0.3 is 15.4 Å². The Hall–Kier alpha value is -1.64. The highest BCUT2D eigenvalue weighted by Gasteiger charge is 2.25. The summed E-state index contributed by atoms with van der Waals surface area (Å²) < 4.78 is 32.4. The lowest BCUT2D eigenvalue weighted by Crippen LogP contribution is -2.41. The molecule has 1 aromatic rings. The van der Waals surface area contributed by atoms with Crippen LogP contribution in [0, 0.1) is 5.92 Å². The average molecular weight is 439 g/mol. The van der Waals surface area contributed by atoms with E-state index < -0.39 is 10.0 Å². The number of aliphatic imine (C=N–C) groups is 1. The highest BCUT2D eigenvalue weighted by Crippen LogP contribution is 2.17. The first-order chi connectivity index (χ1) is 14.5. The SMILES string of the molecule is CCCCC(CC)CNC(=NC)NCc1ccccc1CS(=O)(=O)N1CCOCC1. The van der Waals surface area contributed by atoms with Crippen LogP contribution < -0.4 is 10.6 Å². The number of nitrogens with zero attached hydrogens (tertiary/aromatic N) is 2. The maximum Gasteiger partial charge on any atom is 0.218 e. The van der Waals surface area contributed by atoms with Gasteiger partial charge in [0.1, 0.15) is 0 Å². The lowest BCUT2D eigenvalue weighted by atomic mass is 9.99. The maximum absolute atomic E-state index is 12.8. The summed E-state index contributed by atoms with van der Waals surface area (Å²) in [4.78, 5) is 4.32. The molecule has 0 aliphatic carbocycles. The molecular weight excluding hydrogens is 400 g/mol. The highest BCUT2D eigenvalue weighted by atomic mass is 32.2. The predicted octanol–water partition coefficient (Wildman–Crippen LogP) is 2.73. The molecule has 1 fully saturated rings. The Kier molecular flexibility index (Phi) is 10.6. The minimum absolute atomic E-state index is 0.00576. The van der Waals surface area contributed by atoms with E-state index in [9.17, 15) is 8.42 Å². The van der Waals surface area contributed by atoms with Crippen molar-refractivity contribution in [1.82, 2.24) is 14.9 Å². The molecule has 1 heterocycles. The van der Waals surface area contributed by atoms with Gasteiger partial charge in [0.05, 0.1) is 19.0 Å². The van der Waals surface area contributed by atoms with Crippen LogP contribution in [0.25, 0.3) is 0 Å². The molecule has 1 aromatic carbocycles. The van der Waals surface area contributed by atoms with E-state index >= 15 is 0 Å². The smallest absolute Gasteiger partial charge is 0.218 e. The first-order valence-corrected chi connectivity index (χ1v) is 12.7. The van der Waals surface area contributed by atoms with Crippen LogP contribution in [0.1, 0.15) is 50.7 Å². The molecule has 2 N–H and O–H groups in total. The number of nitrogens with one attached hydrogen (secondary N) is 2. The van der Waals surface area contributed by atoms with Gasteiger partial charge in [-0.1, -0.05) is 57.4 Å². The molecule has 0 amide bonds. The number of hydrogen-bond donors (Lipinski definition) is 2. The van der Waals surface area contributed by atoms with Gasteiger partial charge in [-0.2, -0.15) is 4.31 Å². The Balaban J connectivity index is 1.95. The summed E-state index contributed by atoms with van der Waals surface area (Å²) in [7, 11) is -1.60. The zero-order valence-corrected chi connectivity index (χ0v) is 19.5. The van der Waals surface area contributed by atoms with Gasteiger partial charge in [0.2, 0.25) is 10.0 Å². The summed E-state index contributed by atoms with van der Waals surface area (Å²) in [6.07, 6.45) is 4.83. The fourth-order valence-electron chi connectivity index (χ4n) is 3.57. The van der Waals surface area contributed by atoms with Gasteiger partial charge in [0.15, 0.2) is 5.96 Å². The van der Waals surface area contributed by atoms with Crippen LogP contribution in [0.15, 0.2) is 29.3 Å². The molecule has 0 bridgehead atoms. The fourth-order valence-corrected chi connectivity index (χ4v) is 5.13. The minimum atomic E-state index is -3.36.